The van der Waals surface area contributed by atoms with Gasteiger partial charge < -0.3 is 14.8 Å². The normalized spacial score (nSPS) is 16.2. The van der Waals surface area contributed by atoms with Crippen LogP contribution in [-0.2, 0) is 6.54 Å². The first-order valence-electron chi connectivity index (χ1n) is 8.66. The van der Waals surface area contributed by atoms with Crippen LogP contribution in [0.5, 0.6) is 0 Å². The van der Waals surface area contributed by atoms with E-state index in [4.69, 9.17) is 23.8 Å². The molecule has 1 atom stereocenters. The number of aryl methyl sites for hydroxylation is 1. The molecule has 0 amide bonds. The number of rotatable bonds is 2. The molecule has 0 spiro atoms. The van der Waals surface area contributed by atoms with E-state index in [1.807, 2.05) is 24.3 Å². The largest absolute Gasteiger partial charge is 0.348 e. The van der Waals surface area contributed by atoms with E-state index >= 15 is 0 Å². The van der Waals surface area contributed by atoms with Gasteiger partial charge in [-0.25, -0.2) is 0 Å². The number of nitrogens with zero attached hydrogens (tertiary/aromatic N) is 2. The summed E-state index contributed by atoms with van der Waals surface area (Å²) in [5.74, 6) is 0. The number of hydrogen-bond donors (Lipinski definition) is 1. The Hall–Kier alpha value is -2.30. The molecule has 3 aromatic rings. The van der Waals surface area contributed by atoms with Crippen LogP contribution < -0.4 is 5.32 Å². The third-order valence-corrected chi connectivity index (χ3v) is 5.38. The molecule has 2 heterocycles. The van der Waals surface area contributed by atoms with Crippen molar-refractivity contribution < 1.29 is 0 Å². The SMILES string of the molecule is Cc1ccc([C@H]2c3cccn3CCN2C(=S)Nc2ccc(Cl)cc2)cc1. The van der Waals surface area contributed by atoms with Crippen molar-refractivity contribution in [3.63, 3.8) is 0 Å². The van der Waals surface area contributed by atoms with Crippen LogP contribution in [0.3, 0.4) is 0 Å². The van der Waals surface area contributed by atoms with E-state index < -0.39 is 0 Å². The Bertz CT molecular complexity index is 915. The maximum atomic E-state index is 5.98. The fourth-order valence-electron chi connectivity index (χ4n) is 3.43. The van der Waals surface area contributed by atoms with Crippen LogP contribution in [0.15, 0.2) is 66.9 Å². The smallest absolute Gasteiger partial charge is 0.174 e. The molecule has 0 unspecified atom stereocenters. The fourth-order valence-corrected chi connectivity index (χ4v) is 3.87. The van der Waals surface area contributed by atoms with E-state index in [-0.39, 0.29) is 6.04 Å². The predicted octanol–water partition coefficient (Wildman–Crippen LogP) is 5.25. The Morgan fingerprint density at radius 2 is 1.77 bits per heavy atom. The third-order valence-electron chi connectivity index (χ3n) is 4.79. The van der Waals surface area contributed by atoms with Gasteiger partial charge in [0.1, 0.15) is 0 Å². The molecule has 3 nitrogen and oxygen atoms in total. The van der Waals surface area contributed by atoms with Gasteiger partial charge in [0.25, 0.3) is 0 Å². The molecule has 1 aromatic heterocycles. The van der Waals surface area contributed by atoms with Crippen LogP contribution in [0.1, 0.15) is 22.9 Å². The van der Waals surface area contributed by atoms with Gasteiger partial charge in [-0.15, -0.1) is 0 Å². The van der Waals surface area contributed by atoms with Crippen molar-refractivity contribution in [3.8, 4) is 0 Å². The minimum absolute atomic E-state index is 0.103. The molecule has 0 saturated carbocycles. The Balaban J connectivity index is 1.66. The van der Waals surface area contributed by atoms with Gasteiger partial charge in [-0.1, -0.05) is 41.4 Å². The molecule has 1 N–H and O–H groups in total. The molecule has 2 aromatic carbocycles. The van der Waals surface area contributed by atoms with E-state index in [1.54, 1.807) is 0 Å². The minimum atomic E-state index is 0.103. The van der Waals surface area contributed by atoms with Crippen LogP contribution in [-0.4, -0.2) is 21.1 Å². The molecule has 0 fully saturated rings. The van der Waals surface area contributed by atoms with Gasteiger partial charge in [-0.3, -0.25) is 0 Å². The van der Waals surface area contributed by atoms with Gasteiger partial charge in [0.2, 0.25) is 0 Å². The van der Waals surface area contributed by atoms with Crippen molar-refractivity contribution in [3.05, 3.63) is 88.7 Å². The van der Waals surface area contributed by atoms with Crippen LogP contribution >= 0.6 is 23.8 Å². The third kappa shape index (κ3) is 3.35. The highest BCUT2D eigenvalue weighted by atomic mass is 35.5. The number of fused-ring (bicyclic) bond motifs is 1. The Labute approximate surface area is 164 Å². The Morgan fingerprint density at radius 1 is 1.04 bits per heavy atom. The molecule has 1 aliphatic heterocycles. The monoisotopic (exact) mass is 381 g/mol. The number of benzene rings is 2. The highest BCUT2D eigenvalue weighted by Crippen LogP contribution is 2.33. The molecule has 0 bridgehead atoms. The quantitative estimate of drug-likeness (QED) is 0.612. The molecule has 0 aliphatic carbocycles. The summed E-state index contributed by atoms with van der Waals surface area (Å²) < 4.78 is 2.31. The fraction of sp³-hybridized carbons (Fsp3) is 0.190. The Morgan fingerprint density at radius 3 is 2.50 bits per heavy atom. The maximum Gasteiger partial charge on any atom is 0.174 e. The molecular weight excluding hydrogens is 362 g/mol. The van der Waals surface area contributed by atoms with Crippen molar-refractivity contribution in [1.82, 2.24) is 9.47 Å². The van der Waals surface area contributed by atoms with Crippen molar-refractivity contribution >= 4 is 34.6 Å². The van der Waals surface area contributed by atoms with Gasteiger partial charge in [-0.2, -0.15) is 0 Å². The molecule has 0 radical (unpaired) electrons. The summed E-state index contributed by atoms with van der Waals surface area (Å²) in [4.78, 5) is 2.27. The van der Waals surface area contributed by atoms with E-state index in [1.165, 1.54) is 16.8 Å². The lowest BCUT2D eigenvalue weighted by molar-refractivity contribution is 0.293. The van der Waals surface area contributed by atoms with Crippen molar-refractivity contribution in [1.29, 1.82) is 0 Å². The zero-order valence-electron chi connectivity index (χ0n) is 14.5. The molecule has 4 rings (SSSR count). The number of anilines is 1. The summed E-state index contributed by atoms with van der Waals surface area (Å²) in [7, 11) is 0. The summed E-state index contributed by atoms with van der Waals surface area (Å²) >= 11 is 11.8. The van der Waals surface area contributed by atoms with E-state index in [2.05, 4.69) is 64.3 Å². The lowest BCUT2D eigenvalue weighted by Gasteiger charge is -2.39. The number of nitrogens with one attached hydrogen (secondary N) is 1. The number of hydrogen-bond acceptors (Lipinski definition) is 1. The number of aromatic nitrogens is 1. The van der Waals surface area contributed by atoms with E-state index in [0.717, 1.165) is 28.9 Å². The highest BCUT2D eigenvalue weighted by molar-refractivity contribution is 7.80. The van der Waals surface area contributed by atoms with E-state index in [9.17, 15) is 0 Å². The first kappa shape index (κ1) is 17.1. The molecule has 1 aliphatic rings. The van der Waals surface area contributed by atoms with Gasteiger partial charge in [0, 0.05) is 35.7 Å². The van der Waals surface area contributed by atoms with Gasteiger partial charge >= 0.3 is 0 Å². The van der Waals surface area contributed by atoms with Gasteiger partial charge in [-0.05, 0) is 61.1 Å². The van der Waals surface area contributed by atoms with Crippen LogP contribution in [0.4, 0.5) is 5.69 Å². The van der Waals surface area contributed by atoms with Gasteiger partial charge in [0.05, 0.1) is 6.04 Å². The molecule has 132 valence electrons. The highest BCUT2D eigenvalue weighted by Gasteiger charge is 2.30. The van der Waals surface area contributed by atoms with Crippen molar-refractivity contribution in [2.45, 2.75) is 19.5 Å². The van der Waals surface area contributed by atoms with Crippen molar-refractivity contribution in [2.24, 2.45) is 0 Å². The first-order valence-corrected chi connectivity index (χ1v) is 9.45. The summed E-state index contributed by atoms with van der Waals surface area (Å²) in [6, 6.07) is 20.7. The second kappa shape index (κ2) is 7.14. The lowest BCUT2D eigenvalue weighted by Crippen LogP contribution is -2.44. The summed E-state index contributed by atoms with van der Waals surface area (Å²) in [5, 5.41) is 4.81. The average Bonchev–Trinajstić information content (AvgIpc) is 3.12. The number of thiocarbonyl (C=S) groups is 1. The van der Waals surface area contributed by atoms with Crippen LogP contribution in [0, 0.1) is 6.92 Å². The second-order valence-corrected chi connectivity index (χ2v) is 7.39. The van der Waals surface area contributed by atoms with Crippen LogP contribution in [0.25, 0.3) is 0 Å². The second-order valence-electron chi connectivity index (χ2n) is 6.57. The van der Waals surface area contributed by atoms with E-state index in [0.29, 0.717) is 0 Å². The molecule has 5 heteroatoms. The number of halogens is 1. The molecular formula is C21H20ClN3S. The van der Waals surface area contributed by atoms with Crippen molar-refractivity contribution in [2.75, 3.05) is 11.9 Å². The minimum Gasteiger partial charge on any atom is -0.348 e. The summed E-state index contributed by atoms with van der Waals surface area (Å²) in [5.41, 5.74) is 4.72. The molecule has 0 saturated heterocycles. The summed E-state index contributed by atoms with van der Waals surface area (Å²) in [6.07, 6.45) is 2.14. The zero-order chi connectivity index (χ0) is 18.1. The average molecular weight is 382 g/mol. The summed E-state index contributed by atoms with van der Waals surface area (Å²) in [6.45, 7) is 3.89. The zero-order valence-corrected chi connectivity index (χ0v) is 16.1. The standard InChI is InChI=1S/C21H20ClN3S/c1-15-4-6-16(7-5-15)20-19-3-2-12-24(19)13-14-25(20)21(26)23-18-10-8-17(22)9-11-18/h2-12,20H,13-14H2,1H3,(H,23,26)/t20-/m0/s1. The maximum absolute atomic E-state index is 5.98. The van der Waals surface area contributed by atoms with Crippen LogP contribution in [0.2, 0.25) is 5.02 Å². The Kier molecular flexibility index (Phi) is 4.70. The first-order chi connectivity index (χ1) is 12.6. The topological polar surface area (TPSA) is 20.2 Å². The van der Waals surface area contributed by atoms with Gasteiger partial charge in [0.15, 0.2) is 5.11 Å². The molecule has 26 heavy (non-hydrogen) atoms. The lowest BCUT2D eigenvalue weighted by atomic mass is 9.99. The predicted molar refractivity (Wildman–Crippen MR) is 112 cm³/mol.